The average molecular weight is 516 g/mol. The monoisotopic (exact) mass is 515 g/mol. The highest BCUT2D eigenvalue weighted by Gasteiger charge is 2.44. The molecule has 0 aliphatic carbocycles. The standard InChI is InChI=1S/C23H27Cl2NO8/c1-11-14(16(28)10-33-23-21(31)20(30)19(29)17(8-27)34-23)6-15(24)22(18(11)25)32-9-13-4-2-3-12(5-13)7-26/h2-6,17,19-21,23,27,29-31H,7-10,26H2,1H3/t17-,19-,20+,21-,23+/m1/s1. The van der Waals surface area contributed by atoms with Crippen LogP contribution in [-0.2, 0) is 22.6 Å². The zero-order chi connectivity index (χ0) is 25.0. The maximum absolute atomic E-state index is 12.8. The highest BCUT2D eigenvalue weighted by atomic mass is 35.5. The molecule has 3 rings (SSSR count). The number of halogens is 2. The van der Waals surface area contributed by atoms with Gasteiger partial charge in [-0.15, -0.1) is 0 Å². The molecule has 1 aliphatic heterocycles. The largest absolute Gasteiger partial charge is 0.486 e. The summed E-state index contributed by atoms with van der Waals surface area (Å²) < 4.78 is 16.4. The molecule has 0 radical (unpaired) electrons. The quantitative estimate of drug-likeness (QED) is 0.311. The van der Waals surface area contributed by atoms with Gasteiger partial charge in [-0.1, -0.05) is 47.5 Å². The lowest BCUT2D eigenvalue weighted by atomic mass is 9.99. The number of nitrogens with two attached hydrogens (primary N) is 1. The second-order valence-electron chi connectivity index (χ2n) is 7.92. The molecule has 34 heavy (non-hydrogen) atoms. The first-order valence-electron chi connectivity index (χ1n) is 10.5. The van der Waals surface area contributed by atoms with Crippen molar-refractivity contribution in [3.63, 3.8) is 0 Å². The predicted octanol–water partition coefficient (Wildman–Crippen LogP) is 1.34. The van der Waals surface area contributed by atoms with Gasteiger partial charge in [-0.2, -0.15) is 0 Å². The third kappa shape index (κ3) is 5.88. The number of ketones is 1. The Hall–Kier alpha value is -1.79. The van der Waals surface area contributed by atoms with Gasteiger partial charge in [0.05, 0.1) is 16.7 Å². The lowest BCUT2D eigenvalue weighted by molar-refractivity contribution is -0.298. The highest BCUT2D eigenvalue weighted by Crippen LogP contribution is 2.38. The summed E-state index contributed by atoms with van der Waals surface area (Å²) in [4.78, 5) is 12.8. The second kappa shape index (κ2) is 11.8. The Balaban J connectivity index is 1.69. The maximum Gasteiger partial charge on any atom is 0.188 e. The van der Waals surface area contributed by atoms with Crippen molar-refractivity contribution in [2.45, 2.75) is 50.8 Å². The SMILES string of the molecule is Cc1c(C(=O)CO[C@H]2O[C@H](CO)[C@@H](O)[C@H](O)[C@H]2O)cc(Cl)c(OCc2cccc(CN)c2)c1Cl. The van der Waals surface area contributed by atoms with Gasteiger partial charge in [-0.3, -0.25) is 4.79 Å². The van der Waals surface area contributed by atoms with Gasteiger partial charge in [-0.05, 0) is 29.7 Å². The van der Waals surface area contributed by atoms with Gasteiger partial charge in [0, 0.05) is 12.1 Å². The molecule has 2 aromatic carbocycles. The number of hydrogen-bond donors (Lipinski definition) is 5. The van der Waals surface area contributed by atoms with Gasteiger partial charge in [0.15, 0.2) is 17.8 Å². The topological polar surface area (TPSA) is 152 Å². The number of rotatable bonds is 9. The molecule has 0 bridgehead atoms. The van der Waals surface area contributed by atoms with Gasteiger partial charge in [0.1, 0.15) is 37.6 Å². The molecule has 2 aromatic rings. The molecule has 5 atom stereocenters. The van der Waals surface area contributed by atoms with Crippen molar-refractivity contribution in [1.29, 1.82) is 0 Å². The van der Waals surface area contributed by atoms with E-state index in [0.717, 1.165) is 11.1 Å². The van der Waals surface area contributed by atoms with E-state index >= 15 is 0 Å². The Bertz CT molecular complexity index is 1020. The second-order valence-corrected chi connectivity index (χ2v) is 8.70. The van der Waals surface area contributed by atoms with Crippen LogP contribution in [0.4, 0.5) is 0 Å². The Morgan fingerprint density at radius 1 is 1.12 bits per heavy atom. The van der Waals surface area contributed by atoms with Crippen LogP contribution in [0.25, 0.3) is 0 Å². The van der Waals surface area contributed by atoms with Crippen LogP contribution in [0, 0.1) is 6.92 Å². The van der Waals surface area contributed by atoms with Crippen LogP contribution in [-0.4, -0.2) is 70.1 Å². The van der Waals surface area contributed by atoms with Crippen molar-refractivity contribution in [1.82, 2.24) is 0 Å². The van der Waals surface area contributed by atoms with Gasteiger partial charge in [0.2, 0.25) is 0 Å². The van der Waals surface area contributed by atoms with Crippen LogP contribution in [0.2, 0.25) is 10.0 Å². The molecular formula is C23H27Cl2NO8. The summed E-state index contributed by atoms with van der Waals surface area (Å²) in [6, 6.07) is 8.96. The van der Waals surface area contributed by atoms with Crippen molar-refractivity contribution < 1.29 is 39.4 Å². The molecular weight excluding hydrogens is 489 g/mol. The number of benzene rings is 2. The van der Waals surface area contributed by atoms with Gasteiger partial charge >= 0.3 is 0 Å². The van der Waals surface area contributed by atoms with Crippen molar-refractivity contribution in [2.75, 3.05) is 13.2 Å². The molecule has 0 unspecified atom stereocenters. The molecule has 6 N–H and O–H groups in total. The van der Waals surface area contributed by atoms with Crippen molar-refractivity contribution in [3.8, 4) is 5.75 Å². The van der Waals surface area contributed by atoms with Crippen molar-refractivity contribution >= 4 is 29.0 Å². The molecule has 1 fully saturated rings. The molecule has 1 saturated heterocycles. The number of hydrogen-bond acceptors (Lipinski definition) is 9. The fourth-order valence-electron chi connectivity index (χ4n) is 3.56. The fourth-order valence-corrected chi connectivity index (χ4v) is 4.12. The number of carbonyl (C=O) groups is 1. The van der Waals surface area contributed by atoms with E-state index in [-0.39, 0.29) is 28.0 Å². The molecule has 0 amide bonds. The van der Waals surface area contributed by atoms with E-state index in [1.807, 2.05) is 24.3 Å². The van der Waals surface area contributed by atoms with Gasteiger partial charge in [0.25, 0.3) is 0 Å². The van der Waals surface area contributed by atoms with E-state index in [9.17, 15) is 25.2 Å². The first-order chi connectivity index (χ1) is 16.2. The molecule has 0 aromatic heterocycles. The van der Waals surface area contributed by atoms with Crippen LogP contribution in [0.15, 0.2) is 30.3 Å². The molecule has 9 nitrogen and oxygen atoms in total. The molecule has 1 aliphatic rings. The summed E-state index contributed by atoms with van der Waals surface area (Å²) in [5, 5.41) is 39.3. The Morgan fingerprint density at radius 3 is 2.50 bits per heavy atom. The number of carbonyl (C=O) groups excluding carboxylic acids is 1. The smallest absolute Gasteiger partial charge is 0.188 e. The molecule has 1 heterocycles. The number of aliphatic hydroxyl groups excluding tert-OH is 4. The molecule has 11 heteroatoms. The van der Waals surface area contributed by atoms with E-state index in [1.54, 1.807) is 6.92 Å². The van der Waals surface area contributed by atoms with Crippen molar-refractivity contribution in [3.05, 3.63) is 62.6 Å². The lowest BCUT2D eigenvalue weighted by Crippen LogP contribution is -2.59. The summed E-state index contributed by atoms with van der Waals surface area (Å²) in [6.07, 6.45) is -7.34. The van der Waals surface area contributed by atoms with E-state index in [1.165, 1.54) is 6.07 Å². The Labute approximate surface area is 206 Å². The van der Waals surface area contributed by atoms with Crippen LogP contribution >= 0.6 is 23.2 Å². The summed E-state index contributed by atoms with van der Waals surface area (Å²) in [6.45, 7) is 1.07. The van der Waals surface area contributed by atoms with E-state index in [4.69, 9.17) is 43.1 Å². The zero-order valence-electron chi connectivity index (χ0n) is 18.4. The number of ether oxygens (including phenoxy) is 3. The zero-order valence-corrected chi connectivity index (χ0v) is 19.9. The van der Waals surface area contributed by atoms with Gasteiger partial charge < -0.3 is 40.4 Å². The number of aliphatic hydroxyl groups is 4. The van der Waals surface area contributed by atoms with Crippen LogP contribution in [0.1, 0.15) is 27.0 Å². The molecule has 0 saturated carbocycles. The molecule has 186 valence electrons. The number of Topliss-reactive ketones (excluding diaryl/α,β-unsaturated/α-hetero) is 1. The van der Waals surface area contributed by atoms with E-state index in [2.05, 4.69) is 0 Å². The summed E-state index contributed by atoms with van der Waals surface area (Å²) >= 11 is 12.8. The van der Waals surface area contributed by atoms with Gasteiger partial charge in [-0.25, -0.2) is 0 Å². The molecule has 0 spiro atoms. The minimum Gasteiger partial charge on any atom is -0.486 e. The first-order valence-corrected chi connectivity index (χ1v) is 11.3. The summed E-state index contributed by atoms with van der Waals surface area (Å²) in [5.41, 5.74) is 8.09. The maximum atomic E-state index is 12.8. The highest BCUT2D eigenvalue weighted by molar-refractivity contribution is 6.38. The third-order valence-corrected chi connectivity index (χ3v) is 6.29. The minimum atomic E-state index is -1.62. The summed E-state index contributed by atoms with van der Waals surface area (Å²) in [5.74, 6) is -0.286. The normalized spacial score (nSPS) is 24.8. The van der Waals surface area contributed by atoms with Crippen LogP contribution < -0.4 is 10.5 Å². The fraction of sp³-hybridized carbons (Fsp3) is 0.435. The van der Waals surface area contributed by atoms with Crippen LogP contribution in [0.5, 0.6) is 5.75 Å². The first kappa shape index (κ1) is 26.8. The van der Waals surface area contributed by atoms with Crippen molar-refractivity contribution in [2.24, 2.45) is 5.73 Å². The lowest BCUT2D eigenvalue weighted by Gasteiger charge is -2.39. The van der Waals surface area contributed by atoms with E-state index in [0.29, 0.717) is 12.1 Å². The average Bonchev–Trinajstić information content (AvgIpc) is 2.84. The Morgan fingerprint density at radius 2 is 1.82 bits per heavy atom. The summed E-state index contributed by atoms with van der Waals surface area (Å²) in [7, 11) is 0. The van der Waals surface area contributed by atoms with E-state index < -0.39 is 49.7 Å². The third-order valence-electron chi connectivity index (χ3n) is 5.56. The minimum absolute atomic E-state index is 0.127. The van der Waals surface area contributed by atoms with Crippen LogP contribution in [0.3, 0.4) is 0 Å². The Kier molecular flexibility index (Phi) is 9.27. The predicted molar refractivity (Wildman–Crippen MR) is 124 cm³/mol.